The van der Waals surface area contributed by atoms with E-state index in [1.807, 2.05) is 24.3 Å². The third-order valence-corrected chi connectivity index (χ3v) is 5.89. The Hall–Kier alpha value is -3.86. The van der Waals surface area contributed by atoms with Crippen LogP contribution in [0.3, 0.4) is 0 Å². The molecule has 0 unspecified atom stereocenters. The second-order valence-corrected chi connectivity index (χ2v) is 8.83. The average Bonchev–Trinajstić information content (AvgIpc) is 2.88. The van der Waals surface area contributed by atoms with Crippen LogP contribution in [0.1, 0.15) is 73.9 Å². The van der Waals surface area contributed by atoms with E-state index >= 15 is 0 Å². The van der Waals surface area contributed by atoms with Crippen molar-refractivity contribution in [2.24, 2.45) is 4.99 Å². The summed E-state index contributed by atoms with van der Waals surface area (Å²) < 4.78 is 5.81. The van der Waals surface area contributed by atoms with E-state index in [-0.39, 0.29) is 17.3 Å². The van der Waals surface area contributed by atoms with Crippen LogP contribution in [0.15, 0.2) is 77.8 Å². The van der Waals surface area contributed by atoms with E-state index in [0.717, 1.165) is 24.3 Å². The van der Waals surface area contributed by atoms with Crippen LogP contribution in [0.4, 0.5) is 5.69 Å². The van der Waals surface area contributed by atoms with Gasteiger partial charge in [-0.25, -0.2) is 0 Å². The molecule has 2 N–H and O–H groups in total. The second-order valence-electron chi connectivity index (χ2n) is 8.83. The molecule has 0 radical (unpaired) electrons. The van der Waals surface area contributed by atoms with Crippen LogP contribution in [0.25, 0.3) is 6.08 Å². The van der Waals surface area contributed by atoms with Gasteiger partial charge in [-0.1, -0.05) is 57.2 Å². The number of ketones is 1. The standard InChI is InChI=1S/C31H35NO4/c1-3-4-5-6-7-8-21-36-28-17-9-24(10-18-28)11-20-30(34)25-12-14-26(15-13-25)32-23(2)29-19-16-27(33)22-31(29)35/h9-20,22,33,35H,3-8,21H2,1-2H3/b20-11+,32-23?. The minimum Gasteiger partial charge on any atom is -0.508 e. The molecule has 3 aromatic carbocycles. The molecule has 0 aliphatic heterocycles. The quantitative estimate of drug-likeness (QED) is 0.112. The van der Waals surface area contributed by atoms with E-state index < -0.39 is 0 Å². The van der Waals surface area contributed by atoms with Gasteiger partial charge in [0.25, 0.3) is 0 Å². The summed E-state index contributed by atoms with van der Waals surface area (Å²) in [6, 6.07) is 19.1. The highest BCUT2D eigenvalue weighted by molar-refractivity contribution is 6.07. The SMILES string of the molecule is CCCCCCCCOc1ccc(/C=C/C(=O)c2ccc(N=C(C)c3ccc(O)cc3O)cc2)cc1. The monoisotopic (exact) mass is 485 g/mol. The van der Waals surface area contributed by atoms with Crippen LogP contribution in [0, 0.1) is 0 Å². The summed E-state index contributed by atoms with van der Waals surface area (Å²) in [7, 11) is 0. The molecule has 0 atom stereocenters. The number of rotatable bonds is 13. The molecule has 0 saturated carbocycles. The zero-order chi connectivity index (χ0) is 25.8. The fraction of sp³-hybridized carbons (Fsp3) is 0.290. The first-order valence-corrected chi connectivity index (χ1v) is 12.6. The Morgan fingerprint density at radius 2 is 1.58 bits per heavy atom. The van der Waals surface area contributed by atoms with Gasteiger partial charge in [0, 0.05) is 22.9 Å². The summed E-state index contributed by atoms with van der Waals surface area (Å²) in [5, 5.41) is 19.5. The molecule has 5 nitrogen and oxygen atoms in total. The Kier molecular flexibility index (Phi) is 10.3. The van der Waals surface area contributed by atoms with Crippen LogP contribution in [0.2, 0.25) is 0 Å². The van der Waals surface area contributed by atoms with Gasteiger partial charge < -0.3 is 14.9 Å². The number of carbonyl (C=O) groups excluding carboxylic acids is 1. The van der Waals surface area contributed by atoms with E-state index in [9.17, 15) is 15.0 Å². The fourth-order valence-electron chi connectivity index (χ4n) is 3.80. The van der Waals surface area contributed by atoms with E-state index in [0.29, 0.717) is 22.5 Å². The van der Waals surface area contributed by atoms with Crippen molar-refractivity contribution in [3.63, 3.8) is 0 Å². The first kappa shape index (κ1) is 26.7. The van der Waals surface area contributed by atoms with Gasteiger partial charge in [-0.2, -0.15) is 0 Å². The summed E-state index contributed by atoms with van der Waals surface area (Å²) in [5.74, 6) is 0.708. The van der Waals surface area contributed by atoms with Gasteiger partial charge in [-0.15, -0.1) is 0 Å². The fourth-order valence-corrected chi connectivity index (χ4v) is 3.80. The number of ether oxygens (including phenoxy) is 1. The molecule has 5 heteroatoms. The summed E-state index contributed by atoms with van der Waals surface area (Å²) >= 11 is 0. The van der Waals surface area contributed by atoms with Crippen LogP contribution >= 0.6 is 0 Å². The molecule has 0 amide bonds. The van der Waals surface area contributed by atoms with Gasteiger partial charge in [0.15, 0.2) is 5.78 Å². The van der Waals surface area contributed by atoms with E-state index in [1.165, 1.54) is 44.2 Å². The molecule has 0 spiro atoms. The van der Waals surface area contributed by atoms with Gasteiger partial charge in [0.1, 0.15) is 17.2 Å². The normalized spacial score (nSPS) is 11.7. The molecule has 0 bridgehead atoms. The molecule has 3 aromatic rings. The lowest BCUT2D eigenvalue weighted by Gasteiger charge is -2.06. The van der Waals surface area contributed by atoms with Crippen molar-refractivity contribution in [2.75, 3.05) is 6.61 Å². The maximum Gasteiger partial charge on any atom is 0.185 e. The number of phenolic OH excluding ortho intramolecular Hbond substituents is 2. The number of allylic oxidation sites excluding steroid dienone is 1. The van der Waals surface area contributed by atoms with Crippen molar-refractivity contribution < 1.29 is 19.7 Å². The second kappa shape index (κ2) is 13.9. The predicted molar refractivity (Wildman–Crippen MR) is 147 cm³/mol. The van der Waals surface area contributed by atoms with Crippen LogP contribution in [-0.4, -0.2) is 28.3 Å². The summed E-state index contributed by atoms with van der Waals surface area (Å²) in [5.41, 5.74) is 3.30. The molecule has 36 heavy (non-hydrogen) atoms. The zero-order valence-corrected chi connectivity index (χ0v) is 21.1. The third kappa shape index (κ3) is 8.42. The van der Waals surface area contributed by atoms with Crippen molar-refractivity contribution in [2.45, 2.75) is 52.4 Å². The third-order valence-electron chi connectivity index (χ3n) is 5.89. The molecule has 3 rings (SSSR count). The van der Waals surface area contributed by atoms with Crippen molar-refractivity contribution in [1.29, 1.82) is 0 Å². The lowest BCUT2D eigenvalue weighted by Crippen LogP contribution is -1.97. The lowest BCUT2D eigenvalue weighted by molar-refractivity contribution is 0.104. The predicted octanol–water partition coefficient (Wildman–Crippen LogP) is 7.87. The number of aromatic hydroxyl groups is 2. The van der Waals surface area contributed by atoms with Crippen LogP contribution < -0.4 is 4.74 Å². The van der Waals surface area contributed by atoms with E-state index in [1.54, 1.807) is 49.4 Å². The average molecular weight is 486 g/mol. The number of nitrogens with zero attached hydrogens (tertiary/aromatic N) is 1. The molecule has 0 aliphatic carbocycles. The van der Waals surface area contributed by atoms with E-state index in [4.69, 9.17) is 4.74 Å². The van der Waals surface area contributed by atoms with Crippen molar-refractivity contribution in [3.05, 3.63) is 89.5 Å². The largest absolute Gasteiger partial charge is 0.508 e. The Morgan fingerprint density at radius 1 is 0.889 bits per heavy atom. The molecule has 0 fully saturated rings. The highest BCUT2D eigenvalue weighted by Crippen LogP contribution is 2.25. The molecule has 0 saturated heterocycles. The zero-order valence-electron chi connectivity index (χ0n) is 21.1. The van der Waals surface area contributed by atoms with Gasteiger partial charge in [0.2, 0.25) is 0 Å². The molecule has 0 heterocycles. The molecule has 0 aromatic heterocycles. The van der Waals surface area contributed by atoms with Gasteiger partial charge in [-0.05, 0) is 73.5 Å². The van der Waals surface area contributed by atoms with Crippen LogP contribution in [0.5, 0.6) is 17.2 Å². The molecular formula is C31H35NO4. The van der Waals surface area contributed by atoms with Crippen molar-refractivity contribution in [1.82, 2.24) is 0 Å². The Labute approximate surface area is 213 Å². The highest BCUT2D eigenvalue weighted by Gasteiger charge is 2.07. The minimum atomic E-state index is -0.0955. The van der Waals surface area contributed by atoms with Gasteiger partial charge in [0.05, 0.1) is 12.3 Å². The Bertz CT molecular complexity index is 1180. The summed E-state index contributed by atoms with van der Waals surface area (Å²) in [6.45, 7) is 4.73. The highest BCUT2D eigenvalue weighted by atomic mass is 16.5. The first-order valence-electron chi connectivity index (χ1n) is 12.6. The van der Waals surface area contributed by atoms with Crippen molar-refractivity contribution in [3.8, 4) is 17.2 Å². The number of aliphatic imine (C=N–C) groups is 1. The maximum absolute atomic E-state index is 12.6. The van der Waals surface area contributed by atoms with Gasteiger partial charge in [-0.3, -0.25) is 9.79 Å². The molecular weight excluding hydrogens is 450 g/mol. The topological polar surface area (TPSA) is 79.1 Å². The number of unbranched alkanes of at least 4 members (excludes halogenated alkanes) is 5. The van der Waals surface area contributed by atoms with Crippen LogP contribution in [-0.2, 0) is 0 Å². The minimum absolute atomic E-state index is 0.00672. The number of hydrogen-bond acceptors (Lipinski definition) is 5. The number of carbonyl (C=O) groups is 1. The van der Waals surface area contributed by atoms with Crippen molar-refractivity contribution >= 4 is 23.3 Å². The number of hydrogen-bond donors (Lipinski definition) is 2. The van der Waals surface area contributed by atoms with E-state index in [2.05, 4.69) is 11.9 Å². The lowest BCUT2D eigenvalue weighted by atomic mass is 10.1. The molecule has 188 valence electrons. The smallest absolute Gasteiger partial charge is 0.185 e. The number of phenols is 2. The molecule has 0 aliphatic rings. The maximum atomic E-state index is 12.6. The number of benzene rings is 3. The first-order chi connectivity index (χ1) is 17.5. The summed E-state index contributed by atoms with van der Waals surface area (Å²) in [6.07, 6.45) is 10.8. The Morgan fingerprint density at radius 3 is 2.28 bits per heavy atom. The Balaban J connectivity index is 1.50. The van der Waals surface area contributed by atoms with Gasteiger partial charge >= 0.3 is 0 Å². The summed E-state index contributed by atoms with van der Waals surface area (Å²) in [4.78, 5) is 17.1.